The van der Waals surface area contributed by atoms with Crippen LogP contribution in [-0.4, -0.2) is 314 Å². The number of allylic oxidation sites excluding steroid dienone is 2. The number of fused-ring (bicyclic) bond motifs is 5. The molecule has 0 aromatic rings. The third-order valence-corrected chi connectivity index (χ3v) is 24.9. The van der Waals surface area contributed by atoms with Crippen molar-refractivity contribution in [3.05, 3.63) is 11.6 Å². The summed E-state index contributed by atoms with van der Waals surface area (Å²) in [4.78, 5) is 15.5. The first-order chi connectivity index (χ1) is 45.4. The highest BCUT2D eigenvalue weighted by Crippen LogP contribution is 2.76. The SMILES string of the molecule is CC(C)=CCCC(O)(C(=O)OC1OC(COC2OC(C)C(O)C(O)C2O)C(O)C(O)C1OC1OC(CO)C(O)C(O)C1O)C1CCC2(C)C1CCC1C3(C)CCC(OC4OC(CO)C(O)C(OC5OC(C)C(O)C(O)C5O)C4OC4OC(C)C(O)C(O)C4O)C(C)(C)C3CCC12C. The number of hydrogen-bond donors (Lipinski definition) is 18. The highest BCUT2D eigenvalue weighted by atomic mass is 16.8. The average Bonchev–Trinajstić information content (AvgIpc) is 1.62. The predicted octanol–water partition coefficient (Wildman–Crippen LogP) is -3.94. The maximum Gasteiger partial charge on any atom is 0.340 e. The number of carbonyl (C=O) groups is 1. The number of ether oxygens (including phenoxy) is 12. The van der Waals surface area contributed by atoms with E-state index in [9.17, 15) is 91.9 Å². The lowest BCUT2D eigenvalue weighted by atomic mass is 9.35. The summed E-state index contributed by atoms with van der Waals surface area (Å²) in [6.07, 6.45) is -44.1. The van der Waals surface area contributed by atoms with Crippen molar-refractivity contribution in [2.75, 3.05) is 19.8 Å². The fraction of sp³-hybridized carbons (Fsp3) is 0.955. The topological polar surface area (TPSA) is 492 Å². The van der Waals surface area contributed by atoms with Crippen molar-refractivity contribution in [3.63, 3.8) is 0 Å². The van der Waals surface area contributed by atoms with Crippen molar-refractivity contribution in [1.82, 2.24) is 0 Å². The lowest BCUT2D eigenvalue weighted by Gasteiger charge is -2.70. The van der Waals surface area contributed by atoms with Crippen LogP contribution in [0.15, 0.2) is 11.6 Å². The van der Waals surface area contributed by atoms with Crippen molar-refractivity contribution in [1.29, 1.82) is 0 Å². The van der Waals surface area contributed by atoms with Crippen LogP contribution >= 0.6 is 0 Å². The molecule has 6 heterocycles. The van der Waals surface area contributed by atoms with E-state index in [-0.39, 0.29) is 36.0 Å². The quantitative estimate of drug-likeness (QED) is 0.0333. The van der Waals surface area contributed by atoms with E-state index in [1.54, 1.807) is 0 Å². The number of esters is 1. The van der Waals surface area contributed by atoms with Gasteiger partial charge in [-0.25, -0.2) is 4.79 Å². The van der Waals surface area contributed by atoms with Crippen molar-refractivity contribution >= 4 is 5.97 Å². The van der Waals surface area contributed by atoms with E-state index in [2.05, 4.69) is 34.6 Å². The van der Waals surface area contributed by atoms with Gasteiger partial charge in [-0.1, -0.05) is 46.3 Å². The molecule has 4 saturated carbocycles. The maximum atomic E-state index is 15.5. The van der Waals surface area contributed by atoms with E-state index in [1.165, 1.54) is 20.8 Å². The Morgan fingerprint density at radius 3 is 1.51 bits per heavy atom. The van der Waals surface area contributed by atoms with Gasteiger partial charge < -0.3 is 149 Å². The molecule has 0 aromatic heterocycles. The molecule has 31 heteroatoms. The second-order valence-electron chi connectivity index (χ2n) is 31.1. The van der Waals surface area contributed by atoms with Gasteiger partial charge in [0.1, 0.15) is 122 Å². The van der Waals surface area contributed by atoms with Gasteiger partial charge in [0.15, 0.2) is 43.2 Å². The summed E-state index contributed by atoms with van der Waals surface area (Å²) >= 11 is 0. The second kappa shape index (κ2) is 29.9. The molecule has 97 heavy (non-hydrogen) atoms. The Balaban J connectivity index is 0.904. The molecule has 0 bridgehead atoms. The molecule has 10 fully saturated rings. The van der Waals surface area contributed by atoms with Crippen molar-refractivity contribution in [3.8, 4) is 0 Å². The van der Waals surface area contributed by atoms with Crippen molar-refractivity contribution in [2.45, 2.75) is 329 Å². The number of aliphatic hydroxyl groups is 18. The molecule has 6 saturated heterocycles. The zero-order valence-electron chi connectivity index (χ0n) is 56.8. The molecule has 39 atom stereocenters. The average molecular weight is 1400 g/mol. The molecule has 10 aliphatic rings. The molecule has 39 unspecified atom stereocenters. The molecule has 0 amide bonds. The van der Waals surface area contributed by atoms with E-state index in [1.807, 2.05) is 19.9 Å². The summed E-state index contributed by atoms with van der Waals surface area (Å²) in [5, 5.41) is 199. The number of carbonyl (C=O) groups excluding carboxylic acids is 1. The maximum absolute atomic E-state index is 15.5. The molecule has 18 N–H and O–H groups in total. The van der Waals surface area contributed by atoms with Crippen LogP contribution in [0.5, 0.6) is 0 Å². The van der Waals surface area contributed by atoms with Crippen LogP contribution in [0.25, 0.3) is 0 Å². The van der Waals surface area contributed by atoms with Crippen LogP contribution in [0.4, 0.5) is 0 Å². The van der Waals surface area contributed by atoms with Gasteiger partial charge >= 0.3 is 5.97 Å². The van der Waals surface area contributed by atoms with Gasteiger partial charge in [0.2, 0.25) is 6.29 Å². The first kappa shape index (κ1) is 77.7. The molecule has 0 aromatic carbocycles. The van der Waals surface area contributed by atoms with Crippen molar-refractivity contribution < 1.29 is 154 Å². The first-order valence-electron chi connectivity index (χ1n) is 34.6. The van der Waals surface area contributed by atoms with Crippen LogP contribution in [0.1, 0.15) is 133 Å². The van der Waals surface area contributed by atoms with Crippen LogP contribution in [-0.2, 0) is 61.6 Å². The molecule has 31 nitrogen and oxygen atoms in total. The molecule has 0 radical (unpaired) electrons. The van der Waals surface area contributed by atoms with E-state index in [0.29, 0.717) is 51.4 Å². The van der Waals surface area contributed by atoms with E-state index in [4.69, 9.17) is 56.8 Å². The molecule has 6 aliphatic heterocycles. The minimum atomic E-state index is -2.27. The van der Waals surface area contributed by atoms with E-state index in [0.717, 1.165) is 5.57 Å². The lowest BCUT2D eigenvalue weighted by molar-refractivity contribution is -0.397. The molecule has 0 spiro atoms. The molecule has 560 valence electrons. The van der Waals surface area contributed by atoms with E-state index < -0.39 is 244 Å². The zero-order valence-corrected chi connectivity index (χ0v) is 56.8. The summed E-state index contributed by atoms with van der Waals surface area (Å²) in [5.41, 5.74) is -3.30. The van der Waals surface area contributed by atoms with Gasteiger partial charge in [0.25, 0.3) is 0 Å². The fourth-order valence-corrected chi connectivity index (χ4v) is 18.9. The largest absolute Gasteiger partial charge is 0.431 e. The third kappa shape index (κ3) is 14.1. The second-order valence-corrected chi connectivity index (χ2v) is 31.1. The van der Waals surface area contributed by atoms with Gasteiger partial charge in [-0.2, -0.15) is 0 Å². The minimum absolute atomic E-state index is 0.0272. The normalized spacial score (nSPS) is 53.0. The number of hydrogen-bond acceptors (Lipinski definition) is 31. The van der Waals surface area contributed by atoms with Gasteiger partial charge in [0, 0.05) is 5.92 Å². The minimum Gasteiger partial charge on any atom is -0.431 e. The van der Waals surface area contributed by atoms with Crippen LogP contribution in [0, 0.1) is 45.3 Å². The number of rotatable bonds is 19. The van der Waals surface area contributed by atoms with Gasteiger partial charge in [-0.15, -0.1) is 0 Å². The Labute approximate surface area is 564 Å². The molecule has 10 rings (SSSR count). The summed E-state index contributed by atoms with van der Waals surface area (Å²) in [6, 6.07) is 0. The Morgan fingerprint density at radius 2 is 0.938 bits per heavy atom. The lowest BCUT2D eigenvalue weighted by Crippen LogP contribution is -2.68. The highest BCUT2D eigenvalue weighted by molar-refractivity contribution is 5.80. The summed E-state index contributed by atoms with van der Waals surface area (Å²) in [6.45, 7) is 16.8. The Bertz CT molecular complexity index is 2660. The summed E-state index contributed by atoms with van der Waals surface area (Å²) in [5.74, 6) is -2.15. The predicted molar refractivity (Wildman–Crippen MR) is 327 cm³/mol. The Hall–Kier alpha value is -1.95. The molecular weight excluding hydrogens is 1290 g/mol. The van der Waals surface area contributed by atoms with Crippen LogP contribution in [0.3, 0.4) is 0 Å². The fourth-order valence-electron chi connectivity index (χ4n) is 18.9. The Morgan fingerprint density at radius 1 is 0.464 bits per heavy atom. The molecular formula is C66H110O31. The Kier molecular flexibility index (Phi) is 23.9. The smallest absolute Gasteiger partial charge is 0.340 e. The zero-order chi connectivity index (χ0) is 71.2. The standard InChI is InChI=1S/C66H110O31/c1-25(2)12-11-18-66(85,61(84)97-59-53(95-58-51(83)46(78)40(72)31(22-67)90-58)47(79)41(73)33(92-59)24-86-55-48(80)43(75)37(69)26(3)87-55)30-15-20-64(9)29(30)13-14-35-63(8)19-17-36(62(6,7)34(63)16-21-65(35,64)10)93-60-54(96-57-50(82)45(77)39(71)28(5)89-57)52(42(74)32(23-68)91-60)94-56-49(81)44(76)38(70)27(4)88-56/h12,26-60,67-83,85H,11,13-24H2,1-10H3. The monoisotopic (exact) mass is 1400 g/mol. The van der Waals surface area contributed by atoms with Gasteiger partial charge in [-0.3, -0.25) is 0 Å². The summed E-state index contributed by atoms with van der Waals surface area (Å²) < 4.78 is 73.1. The van der Waals surface area contributed by atoms with Crippen molar-refractivity contribution in [2.24, 2.45) is 45.3 Å². The van der Waals surface area contributed by atoms with Gasteiger partial charge in [-0.05, 0) is 138 Å². The van der Waals surface area contributed by atoms with Gasteiger partial charge in [0.05, 0.1) is 44.2 Å². The highest BCUT2D eigenvalue weighted by Gasteiger charge is 2.71. The van der Waals surface area contributed by atoms with E-state index >= 15 is 4.79 Å². The molecule has 4 aliphatic carbocycles. The van der Waals surface area contributed by atoms with Crippen LogP contribution in [0.2, 0.25) is 0 Å². The third-order valence-electron chi connectivity index (χ3n) is 24.9. The first-order valence-corrected chi connectivity index (χ1v) is 34.6. The summed E-state index contributed by atoms with van der Waals surface area (Å²) in [7, 11) is 0. The number of aliphatic hydroxyl groups excluding tert-OH is 17. The van der Waals surface area contributed by atoms with Crippen LogP contribution < -0.4 is 0 Å².